The molecule has 0 aliphatic heterocycles. The highest BCUT2D eigenvalue weighted by atomic mass is 16.5. The second kappa shape index (κ2) is 5.20. The third-order valence-electron chi connectivity index (χ3n) is 3.23. The number of carboxylic acid groups (broad SMARTS) is 1. The van der Waals surface area contributed by atoms with Crippen LogP contribution in [-0.4, -0.2) is 21.2 Å². The summed E-state index contributed by atoms with van der Waals surface area (Å²) >= 11 is 0. The van der Waals surface area contributed by atoms with E-state index >= 15 is 0 Å². The first-order valence-electron chi connectivity index (χ1n) is 6.38. The molecule has 3 rings (SSSR count). The highest BCUT2D eigenvalue weighted by molar-refractivity contribution is 5.94. The van der Waals surface area contributed by atoms with Gasteiger partial charge in [-0.3, -0.25) is 0 Å². The summed E-state index contributed by atoms with van der Waals surface area (Å²) in [5.41, 5.74) is 1.95. The molecule has 106 valence electrons. The second-order valence-corrected chi connectivity index (χ2v) is 4.67. The van der Waals surface area contributed by atoms with Crippen LogP contribution in [0.5, 0.6) is 11.5 Å². The molecule has 3 aromatic rings. The number of benzene rings is 2. The summed E-state index contributed by atoms with van der Waals surface area (Å²) < 4.78 is 5.61. The van der Waals surface area contributed by atoms with Crippen LogP contribution in [0.1, 0.15) is 15.9 Å². The van der Waals surface area contributed by atoms with E-state index in [4.69, 9.17) is 9.84 Å². The number of H-pyrrole nitrogens is 1. The number of carboxylic acids is 1. The van der Waals surface area contributed by atoms with E-state index in [0.717, 1.165) is 16.5 Å². The molecule has 5 nitrogen and oxygen atoms in total. The largest absolute Gasteiger partial charge is 0.508 e. The fourth-order valence-corrected chi connectivity index (χ4v) is 2.17. The Bertz CT molecular complexity index is 807. The summed E-state index contributed by atoms with van der Waals surface area (Å²) in [6, 6.07) is 11.4. The average Bonchev–Trinajstić information content (AvgIpc) is 2.87. The molecule has 0 saturated heterocycles. The monoisotopic (exact) mass is 283 g/mol. The molecule has 0 aliphatic carbocycles. The van der Waals surface area contributed by atoms with Crippen LogP contribution in [0.4, 0.5) is 0 Å². The highest BCUT2D eigenvalue weighted by Crippen LogP contribution is 2.23. The van der Waals surface area contributed by atoms with Gasteiger partial charge in [0.1, 0.15) is 18.1 Å². The Hall–Kier alpha value is -2.95. The molecule has 1 aromatic heterocycles. The molecule has 1 heterocycles. The van der Waals surface area contributed by atoms with Crippen molar-refractivity contribution in [2.45, 2.75) is 6.61 Å². The maximum atomic E-state index is 11.0. The zero-order chi connectivity index (χ0) is 14.8. The van der Waals surface area contributed by atoms with E-state index in [9.17, 15) is 9.90 Å². The number of phenolic OH excluding ortho intramolecular Hbond substituents is 1. The van der Waals surface area contributed by atoms with Crippen molar-refractivity contribution in [3.63, 3.8) is 0 Å². The normalized spacial score (nSPS) is 10.7. The zero-order valence-electron chi connectivity index (χ0n) is 11.0. The van der Waals surface area contributed by atoms with Gasteiger partial charge in [0.05, 0.1) is 5.56 Å². The minimum absolute atomic E-state index is 0.139. The van der Waals surface area contributed by atoms with Gasteiger partial charge in [0.25, 0.3) is 0 Å². The Morgan fingerprint density at radius 3 is 2.81 bits per heavy atom. The van der Waals surface area contributed by atoms with E-state index in [1.165, 1.54) is 6.07 Å². The van der Waals surface area contributed by atoms with Gasteiger partial charge >= 0.3 is 5.97 Å². The van der Waals surface area contributed by atoms with Gasteiger partial charge in [0.2, 0.25) is 0 Å². The first kappa shape index (κ1) is 13.1. The van der Waals surface area contributed by atoms with Gasteiger partial charge in [-0.25, -0.2) is 4.79 Å². The predicted molar refractivity (Wildman–Crippen MR) is 77.7 cm³/mol. The third kappa shape index (κ3) is 2.67. The van der Waals surface area contributed by atoms with Crippen molar-refractivity contribution in [1.29, 1.82) is 0 Å². The number of nitrogens with one attached hydrogen (secondary N) is 1. The fourth-order valence-electron chi connectivity index (χ4n) is 2.17. The van der Waals surface area contributed by atoms with Crippen molar-refractivity contribution in [2.24, 2.45) is 0 Å². The van der Waals surface area contributed by atoms with Gasteiger partial charge in [-0.05, 0) is 30.3 Å². The molecule has 3 N–H and O–H groups in total. The first-order valence-corrected chi connectivity index (χ1v) is 6.38. The molecule has 0 fully saturated rings. The van der Waals surface area contributed by atoms with Gasteiger partial charge in [0.15, 0.2) is 0 Å². The third-order valence-corrected chi connectivity index (χ3v) is 3.23. The summed E-state index contributed by atoms with van der Waals surface area (Å²) in [5, 5.41) is 19.2. The maximum absolute atomic E-state index is 11.0. The first-order chi connectivity index (χ1) is 10.1. The van der Waals surface area contributed by atoms with Gasteiger partial charge in [-0.2, -0.15) is 0 Å². The maximum Gasteiger partial charge on any atom is 0.335 e. The summed E-state index contributed by atoms with van der Waals surface area (Å²) in [4.78, 5) is 14.1. The molecule has 2 aromatic carbocycles. The van der Waals surface area contributed by atoms with Crippen molar-refractivity contribution < 1.29 is 19.7 Å². The number of carbonyl (C=O) groups is 1. The predicted octanol–water partition coefficient (Wildman–Crippen LogP) is 3.15. The topological polar surface area (TPSA) is 82.5 Å². The standard InChI is InChI=1S/C16H13NO4/c18-12-2-1-3-13(7-12)21-9-11-8-17-15-5-4-10(16(19)20)6-14(11)15/h1-8,17-18H,9H2,(H,19,20). The molecule has 0 atom stereocenters. The van der Waals surface area contributed by atoms with Gasteiger partial charge < -0.3 is 19.9 Å². The molecular formula is C16H13NO4. The lowest BCUT2D eigenvalue weighted by molar-refractivity contribution is 0.0697. The number of phenols is 1. The minimum Gasteiger partial charge on any atom is -0.508 e. The molecular weight excluding hydrogens is 270 g/mol. The van der Waals surface area contributed by atoms with E-state index < -0.39 is 5.97 Å². The molecule has 0 amide bonds. The van der Waals surface area contributed by atoms with Crippen LogP contribution in [0.15, 0.2) is 48.7 Å². The Kier molecular flexibility index (Phi) is 3.23. The number of hydrogen-bond donors (Lipinski definition) is 3. The molecule has 0 bridgehead atoms. The average molecular weight is 283 g/mol. The number of aromatic carboxylic acids is 1. The minimum atomic E-state index is -0.960. The van der Waals surface area contributed by atoms with Gasteiger partial charge in [-0.1, -0.05) is 6.07 Å². The Morgan fingerprint density at radius 1 is 1.19 bits per heavy atom. The van der Waals surface area contributed by atoms with E-state index in [1.807, 2.05) is 0 Å². The van der Waals surface area contributed by atoms with E-state index in [0.29, 0.717) is 5.75 Å². The van der Waals surface area contributed by atoms with Crippen LogP contribution in [0.3, 0.4) is 0 Å². The van der Waals surface area contributed by atoms with Crippen LogP contribution < -0.4 is 4.74 Å². The second-order valence-electron chi connectivity index (χ2n) is 4.67. The number of ether oxygens (including phenoxy) is 1. The Labute approximate surface area is 120 Å². The lowest BCUT2D eigenvalue weighted by Gasteiger charge is -2.06. The smallest absolute Gasteiger partial charge is 0.335 e. The Balaban J connectivity index is 1.86. The zero-order valence-corrected chi connectivity index (χ0v) is 11.0. The quantitative estimate of drug-likeness (QED) is 0.687. The van der Waals surface area contributed by atoms with Crippen molar-refractivity contribution in [3.05, 3.63) is 59.8 Å². The van der Waals surface area contributed by atoms with Gasteiger partial charge in [0, 0.05) is 28.7 Å². The molecule has 0 saturated carbocycles. The van der Waals surface area contributed by atoms with Crippen molar-refractivity contribution >= 4 is 16.9 Å². The van der Waals surface area contributed by atoms with E-state index in [-0.39, 0.29) is 17.9 Å². The van der Waals surface area contributed by atoms with Crippen molar-refractivity contribution in [2.75, 3.05) is 0 Å². The molecule has 0 radical (unpaired) electrons. The number of rotatable bonds is 4. The van der Waals surface area contributed by atoms with E-state index in [1.54, 1.807) is 42.6 Å². The molecule has 0 unspecified atom stereocenters. The van der Waals surface area contributed by atoms with Crippen LogP contribution in [-0.2, 0) is 6.61 Å². The van der Waals surface area contributed by atoms with Crippen LogP contribution >= 0.6 is 0 Å². The molecule has 5 heteroatoms. The number of aromatic hydroxyl groups is 1. The molecule has 21 heavy (non-hydrogen) atoms. The number of aromatic amines is 1. The van der Waals surface area contributed by atoms with Crippen LogP contribution in [0.25, 0.3) is 10.9 Å². The summed E-state index contributed by atoms with van der Waals surface area (Å²) in [7, 11) is 0. The SMILES string of the molecule is O=C(O)c1ccc2[nH]cc(COc3cccc(O)c3)c2c1. The van der Waals surface area contributed by atoms with Gasteiger partial charge in [-0.15, -0.1) is 0 Å². The number of hydrogen-bond acceptors (Lipinski definition) is 3. The number of fused-ring (bicyclic) bond motifs is 1. The Morgan fingerprint density at radius 2 is 2.05 bits per heavy atom. The lowest BCUT2D eigenvalue weighted by Crippen LogP contribution is -1.97. The summed E-state index contributed by atoms with van der Waals surface area (Å²) in [6.45, 7) is 0.284. The van der Waals surface area contributed by atoms with Crippen molar-refractivity contribution in [1.82, 2.24) is 4.98 Å². The van der Waals surface area contributed by atoms with Crippen molar-refractivity contribution in [3.8, 4) is 11.5 Å². The fraction of sp³-hybridized carbons (Fsp3) is 0.0625. The van der Waals surface area contributed by atoms with Crippen LogP contribution in [0, 0.1) is 0 Å². The molecule has 0 spiro atoms. The molecule has 0 aliphatic rings. The van der Waals surface area contributed by atoms with E-state index in [2.05, 4.69) is 4.98 Å². The summed E-state index contributed by atoms with van der Waals surface area (Å²) in [6.07, 6.45) is 1.79. The summed E-state index contributed by atoms with van der Waals surface area (Å²) in [5.74, 6) is -0.267. The lowest BCUT2D eigenvalue weighted by atomic mass is 10.1. The van der Waals surface area contributed by atoms with Crippen LogP contribution in [0.2, 0.25) is 0 Å². The highest BCUT2D eigenvalue weighted by Gasteiger charge is 2.09. The number of aromatic nitrogens is 1.